The van der Waals surface area contributed by atoms with E-state index in [1.54, 1.807) is 24.3 Å². The first kappa shape index (κ1) is 19.3. The summed E-state index contributed by atoms with van der Waals surface area (Å²) in [5, 5.41) is 9.98. The Labute approximate surface area is 168 Å². The minimum absolute atomic E-state index is 0.0140. The van der Waals surface area contributed by atoms with Gasteiger partial charge in [0.25, 0.3) is 5.91 Å². The maximum atomic E-state index is 13.7. The Morgan fingerprint density at radius 3 is 2.54 bits per heavy atom. The summed E-state index contributed by atoms with van der Waals surface area (Å²) >= 11 is 3.33. The van der Waals surface area contributed by atoms with Gasteiger partial charge in [0, 0.05) is 23.0 Å². The number of nitrogens with zero attached hydrogens (tertiary/aromatic N) is 2. The topological polar surface area (TPSA) is 59.0 Å². The van der Waals surface area contributed by atoms with Crippen molar-refractivity contribution in [3.05, 3.63) is 46.1 Å². The second-order valence-corrected chi connectivity index (χ2v) is 8.27. The van der Waals surface area contributed by atoms with E-state index < -0.39 is 24.2 Å². The number of aromatic nitrogens is 2. The fraction of sp³-hybridized carbons (Fsp3) is 0.474. The van der Waals surface area contributed by atoms with E-state index >= 15 is 0 Å². The van der Waals surface area contributed by atoms with E-state index in [0.717, 1.165) is 40.4 Å². The van der Waals surface area contributed by atoms with Crippen LogP contribution in [0.4, 0.5) is 19.0 Å². The number of carbonyl (C=O) groups is 1. The van der Waals surface area contributed by atoms with E-state index in [1.165, 1.54) is 6.07 Å². The van der Waals surface area contributed by atoms with Crippen molar-refractivity contribution in [1.29, 1.82) is 0 Å². The lowest BCUT2D eigenvalue weighted by Gasteiger charge is -2.33. The number of hydrogen-bond acceptors (Lipinski definition) is 3. The summed E-state index contributed by atoms with van der Waals surface area (Å²) in [4.78, 5) is 12.5. The van der Waals surface area contributed by atoms with E-state index in [0.29, 0.717) is 0 Å². The SMILES string of the molecule is O=C(NC1CCCC1)c1cc2n(n1)C(C(F)(F)F)CC(c1ccc(Br)cc1)N2. The van der Waals surface area contributed by atoms with Gasteiger partial charge in [0.15, 0.2) is 11.7 Å². The number of rotatable bonds is 3. The molecule has 1 aliphatic heterocycles. The second kappa shape index (κ2) is 7.42. The van der Waals surface area contributed by atoms with Crippen LogP contribution in [0.1, 0.15) is 60.2 Å². The zero-order chi connectivity index (χ0) is 19.9. The second-order valence-electron chi connectivity index (χ2n) is 7.36. The van der Waals surface area contributed by atoms with E-state index in [1.807, 2.05) is 0 Å². The van der Waals surface area contributed by atoms with Gasteiger partial charge in [-0.1, -0.05) is 40.9 Å². The van der Waals surface area contributed by atoms with Crippen LogP contribution >= 0.6 is 15.9 Å². The lowest BCUT2D eigenvalue weighted by molar-refractivity contribution is -0.173. The predicted molar refractivity (Wildman–Crippen MR) is 102 cm³/mol. The van der Waals surface area contributed by atoms with Crippen LogP contribution in [0.15, 0.2) is 34.8 Å². The van der Waals surface area contributed by atoms with Crippen molar-refractivity contribution >= 4 is 27.7 Å². The number of nitrogens with one attached hydrogen (secondary N) is 2. The molecule has 1 aromatic carbocycles. The molecule has 2 heterocycles. The van der Waals surface area contributed by atoms with Crippen molar-refractivity contribution in [3.63, 3.8) is 0 Å². The molecule has 1 fully saturated rings. The maximum absolute atomic E-state index is 13.7. The highest BCUT2D eigenvalue weighted by Gasteiger charge is 2.46. The minimum Gasteiger partial charge on any atom is -0.363 e. The third kappa shape index (κ3) is 3.90. The third-order valence-electron chi connectivity index (χ3n) is 5.39. The fourth-order valence-electron chi connectivity index (χ4n) is 3.93. The largest absolute Gasteiger partial charge is 0.410 e. The van der Waals surface area contributed by atoms with Gasteiger partial charge in [-0.2, -0.15) is 18.3 Å². The van der Waals surface area contributed by atoms with Crippen molar-refractivity contribution in [2.75, 3.05) is 5.32 Å². The Balaban J connectivity index is 1.62. The first-order valence-electron chi connectivity index (χ1n) is 9.30. The van der Waals surface area contributed by atoms with Crippen LogP contribution in [0.2, 0.25) is 0 Å². The van der Waals surface area contributed by atoms with Gasteiger partial charge in [-0.3, -0.25) is 4.79 Å². The quantitative estimate of drug-likeness (QED) is 0.684. The molecular formula is C19H20BrF3N4O. The first-order valence-corrected chi connectivity index (χ1v) is 10.1. The van der Waals surface area contributed by atoms with E-state index in [9.17, 15) is 18.0 Å². The summed E-state index contributed by atoms with van der Waals surface area (Å²) in [5.74, 6) is -0.213. The molecule has 0 radical (unpaired) electrons. The Bertz CT molecular complexity index is 859. The Morgan fingerprint density at radius 2 is 1.89 bits per heavy atom. The van der Waals surface area contributed by atoms with Crippen molar-refractivity contribution in [2.24, 2.45) is 0 Å². The zero-order valence-corrected chi connectivity index (χ0v) is 16.6. The average Bonchev–Trinajstić information content (AvgIpc) is 3.29. The Hall–Kier alpha value is -2.03. The highest BCUT2D eigenvalue weighted by atomic mass is 79.9. The summed E-state index contributed by atoms with van der Waals surface area (Å²) in [7, 11) is 0. The monoisotopic (exact) mass is 456 g/mol. The number of fused-ring (bicyclic) bond motifs is 1. The van der Waals surface area contributed by atoms with Crippen molar-refractivity contribution in [3.8, 4) is 0 Å². The standard InChI is InChI=1S/C19H20BrF3N4O/c20-12-7-5-11(6-8-12)14-9-16(19(21,22)23)27-17(25-14)10-15(26-27)18(28)24-13-3-1-2-4-13/h5-8,10,13-14,16,25H,1-4,9H2,(H,24,28). The van der Waals surface area contributed by atoms with Gasteiger partial charge in [-0.25, -0.2) is 4.68 Å². The molecule has 0 spiro atoms. The molecule has 1 aromatic heterocycles. The average molecular weight is 457 g/mol. The van der Waals surface area contributed by atoms with Gasteiger partial charge in [0.2, 0.25) is 0 Å². The first-order chi connectivity index (χ1) is 13.3. The number of amides is 1. The Kier molecular flexibility index (Phi) is 5.11. The van der Waals surface area contributed by atoms with Gasteiger partial charge < -0.3 is 10.6 Å². The molecule has 1 aliphatic carbocycles. The molecule has 150 valence electrons. The predicted octanol–water partition coefficient (Wildman–Crippen LogP) is 4.98. The summed E-state index contributed by atoms with van der Waals surface area (Å²) in [6.45, 7) is 0. The van der Waals surface area contributed by atoms with Crippen LogP contribution in [0.5, 0.6) is 0 Å². The van der Waals surface area contributed by atoms with Crippen molar-refractivity contribution in [2.45, 2.75) is 56.4 Å². The molecule has 0 bridgehead atoms. The molecule has 5 nitrogen and oxygen atoms in total. The van der Waals surface area contributed by atoms with Crippen LogP contribution in [0.3, 0.4) is 0 Å². The molecule has 2 atom stereocenters. The smallest absolute Gasteiger partial charge is 0.363 e. The number of anilines is 1. The van der Waals surface area contributed by atoms with Gasteiger partial charge in [-0.15, -0.1) is 0 Å². The summed E-state index contributed by atoms with van der Waals surface area (Å²) in [5.41, 5.74) is 0.766. The van der Waals surface area contributed by atoms with Gasteiger partial charge in [0.1, 0.15) is 5.82 Å². The lowest BCUT2D eigenvalue weighted by Crippen LogP contribution is -2.36. The van der Waals surface area contributed by atoms with E-state index in [4.69, 9.17) is 0 Å². The van der Waals surface area contributed by atoms with Crippen LogP contribution in [0, 0.1) is 0 Å². The minimum atomic E-state index is -4.46. The molecule has 9 heteroatoms. The zero-order valence-electron chi connectivity index (χ0n) is 15.0. The highest BCUT2D eigenvalue weighted by molar-refractivity contribution is 9.10. The molecule has 2 aromatic rings. The molecule has 28 heavy (non-hydrogen) atoms. The molecular weight excluding hydrogens is 437 g/mol. The van der Waals surface area contributed by atoms with Gasteiger partial charge >= 0.3 is 6.18 Å². The maximum Gasteiger partial charge on any atom is 0.410 e. The van der Waals surface area contributed by atoms with Crippen LogP contribution < -0.4 is 10.6 Å². The van der Waals surface area contributed by atoms with Gasteiger partial charge in [-0.05, 0) is 30.5 Å². The number of benzene rings is 1. The number of hydrogen-bond donors (Lipinski definition) is 2. The van der Waals surface area contributed by atoms with Crippen LogP contribution in [0.25, 0.3) is 0 Å². The molecule has 2 aliphatic rings. The molecule has 4 rings (SSSR count). The number of alkyl halides is 3. The normalized spacial score (nSPS) is 22.6. The van der Waals surface area contributed by atoms with Crippen molar-refractivity contribution in [1.82, 2.24) is 15.1 Å². The number of halogens is 4. The fourth-order valence-corrected chi connectivity index (χ4v) is 4.19. The van der Waals surface area contributed by atoms with Crippen LogP contribution in [-0.4, -0.2) is 27.9 Å². The summed E-state index contributed by atoms with van der Waals surface area (Å²) in [6.07, 6.45) is -0.754. The third-order valence-corrected chi connectivity index (χ3v) is 5.91. The Morgan fingerprint density at radius 1 is 1.21 bits per heavy atom. The van der Waals surface area contributed by atoms with E-state index in [2.05, 4.69) is 31.7 Å². The highest BCUT2D eigenvalue weighted by Crippen LogP contribution is 2.43. The van der Waals surface area contributed by atoms with Crippen LogP contribution in [-0.2, 0) is 0 Å². The molecule has 2 N–H and O–H groups in total. The molecule has 2 unspecified atom stereocenters. The molecule has 0 saturated heterocycles. The van der Waals surface area contributed by atoms with Gasteiger partial charge in [0.05, 0.1) is 6.04 Å². The summed E-state index contributed by atoms with van der Waals surface area (Å²) < 4.78 is 42.9. The number of carbonyl (C=O) groups excluding carboxylic acids is 1. The molecule has 1 saturated carbocycles. The van der Waals surface area contributed by atoms with E-state index in [-0.39, 0.29) is 24.0 Å². The van der Waals surface area contributed by atoms with Crippen molar-refractivity contribution < 1.29 is 18.0 Å². The lowest BCUT2D eigenvalue weighted by atomic mass is 9.97. The molecule has 1 amide bonds. The summed E-state index contributed by atoms with van der Waals surface area (Å²) in [6, 6.07) is 6.35.